The fraction of sp³-hybridized carbons (Fsp3) is 0.333. The molecule has 20 heavy (non-hydrogen) atoms. The Kier molecular flexibility index (Phi) is 3.21. The number of hydrogen-bond acceptors (Lipinski definition) is 5. The number of amidine groups is 1. The molecule has 0 aromatic heterocycles. The summed E-state index contributed by atoms with van der Waals surface area (Å²) in [7, 11) is 0. The highest BCUT2D eigenvalue weighted by molar-refractivity contribution is 6.43. The van der Waals surface area contributed by atoms with E-state index >= 15 is 0 Å². The minimum Gasteiger partial charge on any atom is -0.382 e. The van der Waals surface area contributed by atoms with Gasteiger partial charge in [0.05, 0.1) is 16.9 Å². The average molecular weight is 285 g/mol. The number of dihydropyridines is 1. The summed E-state index contributed by atoms with van der Waals surface area (Å²) in [5.41, 5.74) is 10.2. The van der Waals surface area contributed by atoms with Crippen molar-refractivity contribution in [2.75, 3.05) is 0 Å². The van der Waals surface area contributed by atoms with Crippen LogP contribution in [0.25, 0.3) is 0 Å². The fourth-order valence-electron chi connectivity index (χ4n) is 1.95. The van der Waals surface area contributed by atoms with E-state index in [1.54, 1.807) is 6.92 Å². The van der Waals surface area contributed by atoms with Crippen LogP contribution in [0.15, 0.2) is 40.3 Å². The average Bonchev–Trinajstić information content (AvgIpc) is 2.34. The first-order valence-corrected chi connectivity index (χ1v) is 5.79. The van der Waals surface area contributed by atoms with Gasteiger partial charge in [0.1, 0.15) is 11.5 Å². The molecule has 5 nitrogen and oxygen atoms in total. The Morgan fingerprint density at radius 3 is 2.65 bits per heavy atom. The van der Waals surface area contributed by atoms with Crippen LogP contribution in [0, 0.1) is 5.41 Å². The fourth-order valence-corrected chi connectivity index (χ4v) is 1.95. The van der Waals surface area contributed by atoms with Gasteiger partial charge < -0.3 is 16.8 Å². The monoisotopic (exact) mass is 285 g/mol. The van der Waals surface area contributed by atoms with E-state index in [4.69, 9.17) is 16.9 Å². The van der Waals surface area contributed by atoms with Gasteiger partial charge in [0.2, 0.25) is 0 Å². The molecule has 0 spiro atoms. The first-order chi connectivity index (χ1) is 9.11. The quantitative estimate of drug-likeness (QED) is 0.539. The summed E-state index contributed by atoms with van der Waals surface area (Å²) in [5.74, 6) is -0.0716. The van der Waals surface area contributed by atoms with Crippen molar-refractivity contribution in [1.29, 1.82) is 5.41 Å². The first-order valence-electron chi connectivity index (χ1n) is 5.79. The summed E-state index contributed by atoms with van der Waals surface area (Å²) in [6, 6.07) is 0. The van der Waals surface area contributed by atoms with Crippen molar-refractivity contribution in [3.8, 4) is 0 Å². The standard InChI is InChI=1S/C12H14F3N5/c1-11(18)5-7(20-10(17)9(11)16)6-2-3-19-8(4-6)12(13,14)15/h2-4,16,19H,5,18H2,1H3,(H2,17,20). The van der Waals surface area contributed by atoms with E-state index in [1.807, 2.05) is 0 Å². The summed E-state index contributed by atoms with van der Waals surface area (Å²) in [4.78, 5) is 3.98. The summed E-state index contributed by atoms with van der Waals surface area (Å²) in [6.07, 6.45) is -0.721. The molecule has 0 aliphatic carbocycles. The van der Waals surface area contributed by atoms with E-state index in [1.165, 1.54) is 12.3 Å². The molecule has 0 aromatic carbocycles. The lowest BCUT2D eigenvalue weighted by Gasteiger charge is -2.30. The molecule has 0 bridgehead atoms. The normalized spacial score (nSPS) is 30.8. The molecule has 0 aromatic rings. The molecule has 8 heteroatoms. The molecule has 1 unspecified atom stereocenters. The van der Waals surface area contributed by atoms with Gasteiger partial charge in [-0.15, -0.1) is 0 Å². The molecule has 6 N–H and O–H groups in total. The third-order valence-corrected chi connectivity index (χ3v) is 3.06. The number of nitrogens with two attached hydrogens (primary N) is 2. The molecule has 2 rings (SSSR count). The number of hydrogen-bond donors (Lipinski definition) is 4. The van der Waals surface area contributed by atoms with Gasteiger partial charge in [0.15, 0.2) is 0 Å². The SMILES string of the molecule is CC1(N)CC(=C2C=CNC(C(F)(F)F)=C2)N=C(N)C1=N. The number of nitrogens with one attached hydrogen (secondary N) is 2. The van der Waals surface area contributed by atoms with Crippen LogP contribution >= 0.6 is 0 Å². The van der Waals surface area contributed by atoms with Crippen LogP contribution in [0.3, 0.4) is 0 Å². The minimum atomic E-state index is -4.47. The first kappa shape index (κ1) is 14.3. The lowest BCUT2D eigenvalue weighted by Crippen LogP contribution is -2.53. The molecule has 0 fully saturated rings. The topological polar surface area (TPSA) is 100 Å². The van der Waals surface area contributed by atoms with Crippen LogP contribution in [0.4, 0.5) is 13.2 Å². The number of allylic oxidation sites excluding steroid dienone is 4. The zero-order valence-electron chi connectivity index (χ0n) is 10.7. The van der Waals surface area contributed by atoms with E-state index in [-0.39, 0.29) is 23.5 Å². The van der Waals surface area contributed by atoms with Crippen LogP contribution in [-0.4, -0.2) is 23.3 Å². The molecule has 2 aliphatic rings. The van der Waals surface area contributed by atoms with E-state index in [0.717, 1.165) is 6.08 Å². The highest BCUT2D eigenvalue weighted by Crippen LogP contribution is 2.31. The molecule has 0 saturated carbocycles. The van der Waals surface area contributed by atoms with Crippen molar-refractivity contribution in [3.05, 3.63) is 35.3 Å². The van der Waals surface area contributed by atoms with Gasteiger partial charge in [-0.25, -0.2) is 4.99 Å². The van der Waals surface area contributed by atoms with Gasteiger partial charge in [0, 0.05) is 12.6 Å². The Morgan fingerprint density at radius 1 is 1.45 bits per heavy atom. The molecule has 108 valence electrons. The minimum absolute atomic E-state index is 0.0141. The Balaban J connectivity index is 2.48. The lowest BCUT2D eigenvalue weighted by molar-refractivity contribution is -0.0956. The van der Waals surface area contributed by atoms with E-state index in [0.29, 0.717) is 5.70 Å². The zero-order valence-corrected chi connectivity index (χ0v) is 10.7. The van der Waals surface area contributed by atoms with E-state index in [2.05, 4.69) is 10.3 Å². The number of alkyl halides is 3. The summed E-state index contributed by atoms with van der Waals surface area (Å²) < 4.78 is 38.0. The maximum Gasteiger partial charge on any atom is 0.431 e. The van der Waals surface area contributed by atoms with Gasteiger partial charge in [-0.3, -0.25) is 5.41 Å². The van der Waals surface area contributed by atoms with Crippen molar-refractivity contribution in [2.24, 2.45) is 16.5 Å². The van der Waals surface area contributed by atoms with Crippen molar-refractivity contribution < 1.29 is 13.2 Å². The molecule has 0 amide bonds. The van der Waals surface area contributed by atoms with E-state index in [9.17, 15) is 13.2 Å². The molecular weight excluding hydrogens is 271 g/mol. The third kappa shape index (κ3) is 2.60. The summed E-state index contributed by atoms with van der Waals surface area (Å²) in [5, 5.41) is 9.85. The Bertz CT molecular complexity index is 578. The second-order valence-corrected chi connectivity index (χ2v) is 4.90. The molecule has 0 radical (unpaired) electrons. The largest absolute Gasteiger partial charge is 0.431 e. The Hall–Kier alpha value is -2.09. The molecule has 1 atom stereocenters. The van der Waals surface area contributed by atoms with Gasteiger partial charge in [-0.1, -0.05) is 0 Å². The number of rotatable bonds is 0. The van der Waals surface area contributed by atoms with Crippen molar-refractivity contribution in [3.63, 3.8) is 0 Å². The second kappa shape index (κ2) is 4.48. The van der Waals surface area contributed by atoms with Gasteiger partial charge in [0.25, 0.3) is 0 Å². The number of aliphatic imine (C=N–C) groups is 1. The summed E-state index contributed by atoms with van der Waals surface area (Å²) in [6.45, 7) is 1.59. The predicted octanol–water partition coefficient (Wildman–Crippen LogP) is 1.30. The Labute approximate surface area is 113 Å². The van der Waals surface area contributed by atoms with Crippen LogP contribution in [0.1, 0.15) is 13.3 Å². The smallest absolute Gasteiger partial charge is 0.382 e. The highest BCUT2D eigenvalue weighted by atomic mass is 19.4. The number of nitrogens with zero attached hydrogens (tertiary/aromatic N) is 1. The van der Waals surface area contributed by atoms with Crippen LogP contribution < -0.4 is 16.8 Å². The van der Waals surface area contributed by atoms with Crippen LogP contribution in [-0.2, 0) is 0 Å². The molecule has 2 heterocycles. The third-order valence-electron chi connectivity index (χ3n) is 3.06. The van der Waals surface area contributed by atoms with Gasteiger partial charge in [-0.2, -0.15) is 13.2 Å². The van der Waals surface area contributed by atoms with Gasteiger partial charge >= 0.3 is 6.18 Å². The van der Waals surface area contributed by atoms with Gasteiger partial charge in [-0.05, 0) is 24.6 Å². The van der Waals surface area contributed by atoms with Crippen LogP contribution in [0.5, 0.6) is 0 Å². The maximum atomic E-state index is 12.7. The number of halogens is 3. The molecule has 2 aliphatic heterocycles. The van der Waals surface area contributed by atoms with Crippen LogP contribution in [0.2, 0.25) is 0 Å². The Morgan fingerprint density at radius 2 is 2.10 bits per heavy atom. The maximum absolute atomic E-state index is 12.7. The molecular formula is C12H14F3N5. The highest BCUT2D eigenvalue weighted by Gasteiger charge is 2.36. The second-order valence-electron chi connectivity index (χ2n) is 4.90. The van der Waals surface area contributed by atoms with Crippen molar-refractivity contribution >= 4 is 11.5 Å². The molecule has 0 saturated heterocycles. The zero-order chi connectivity index (χ0) is 15.1. The summed E-state index contributed by atoms with van der Waals surface area (Å²) >= 11 is 0. The van der Waals surface area contributed by atoms with Crippen molar-refractivity contribution in [2.45, 2.75) is 25.1 Å². The van der Waals surface area contributed by atoms with Crippen molar-refractivity contribution in [1.82, 2.24) is 5.32 Å². The van der Waals surface area contributed by atoms with E-state index < -0.39 is 17.4 Å². The lowest BCUT2D eigenvalue weighted by atomic mass is 9.86. The predicted molar refractivity (Wildman–Crippen MR) is 70.0 cm³/mol.